The van der Waals surface area contributed by atoms with E-state index in [9.17, 15) is 0 Å². The van der Waals surface area contributed by atoms with E-state index in [0.29, 0.717) is 6.04 Å². The molecule has 0 bridgehead atoms. The van der Waals surface area contributed by atoms with Crippen LogP contribution in [0.25, 0.3) is 0 Å². The molecule has 0 amide bonds. The lowest BCUT2D eigenvalue weighted by molar-refractivity contribution is 0.124. The summed E-state index contributed by atoms with van der Waals surface area (Å²) in [4.78, 5) is 0. The second kappa shape index (κ2) is 13.9. The van der Waals surface area contributed by atoms with E-state index in [-0.39, 0.29) is 0 Å². The molecule has 0 N–H and O–H groups in total. The summed E-state index contributed by atoms with van der Waals surface area (Å²) < 4.78 is 44.1. The highest BCUT2D eigenvalue weighted by atomic mass is 28.5. The fourth-order valence-electron chi connectivity index (χ4n) is 4.88. The van der Waals surface area contributed by atoms with Gasteiger partial charge >= 0.3 is 43.0 Å². The monoisotopic (exact) mass is 556 g/mol. The predicted molar refractivity (Wildman–Crippen MR) is 146 cm³/mol. The molecule has 12 heteroatoms. The first-order chi connectivity index (χ1) is 15.3. The molecule has 1 saturated heterocycles. The van der Waals surface area contributed by atoms with Crippen LogP contribution in [0.3, 0.4) is 0 Å². The first kappa shape index (κ1) is 31.8. The van der Waals surface area contributed by atoms with E-state index in [1.807, 2.05) is 0 Å². The van der Waals surface area contributed by atoms with Gasteiger partial charge in [0.2, 0.25) is 0 Å². The highest BCUT2D eigenvalue weighted by molar-refractivity contribution is 6.93. The van der Waals surface area contributed by atoms with Crippen molar-refractivity contribution >= 4 is 43.0 Å². The molecule has 0 unspecified atom stereocenters. The van der Waals surface area contributed by atoms with E-state index in [0.717, 1.165) is 18.5 Å². The first-order valence-corrected chi connectivity index (χ1v) is 25.3. The van der Waals surface area contributed by atoms with E-state index in [1.165, 1.54) is 44.9 Å². The molecule has 1 heterocycles. The van der Waals surface area contributed by atoms with Crippen molar-refractivity contribution in [2.24, 2.45) is 0 Å². The molecule has 0 spiro atoms. The molecular formula is C21H52O7Si5. The Balaban J connectivity index is 2.77. The fraction of sp³-hybridized carbons (Fsp3) is 1.00. The molecule has 0 atom stereocenters. The quantitative estimate of drug-likeness (QED) is 0.166. The molecule has 0 aromatic rings. The van der Waals surface area contributed by atoms with Crippen LogP contribution in [0.15, 0.2) is 0 Å². The lowest BCUT2D eigenvalue weighted by atomic mass is 10.1. The summed E-state index contributed by atoms with van der Waals surface area (Å²) in [5.41, 5.74) is 0. The van der Waals surface area contributed by atoms with Gasteiger partial charge in [-0.15, -0.1) is 0 Å². The Bertz CT molecular complexity index is 533. The molecule has 1 aliphatic rings. The molecular weight excluding hydrogens is 505 g/mol. The van der Waals surface area contributed by atoms with E-state index >= 15 is 0 Å². The van der Waals surface area contributed by atoms with Gasteiger partial charge in [0.1, 0.15) is 0 Å². The Hall–Kier alpha value is 0.804. The van der Waals surface area contributed by atoms with Gasteiger partial charge in [-0.1, -0.05) is 58.3 Å². The minimum Gasteiger partial charge on any atom is -0.416 e. The van der Waals surface area contributed by atoms with Crippen LogP contribution in [0, 0.1) is 0 Å². The summed E-state index contributed by atoms with van der Waals surface area (Å²) in [5.74, 6) is 0. The summed E-state index contributed by atoms with van der Waals surface area (Å²) in [6, 6.07) is 2.39. The molecule has 1 rings (SSSR count). The molecule has 0 aliphatic carbocycles. The van der Waals surface area contributed by atoms with Crippen molar-refractivity contribution in [3.05, 3.63) is 0 Å². The van der Waals surface area contributed by atoms with Crippen molar-refractivity contribution in [1.29, 1.82) is 0 Å². The molecule has 0 saturated carbocycles. The smallest absolute Gasteiger partial charge is 0.416 e. The van der Waals surface area contributed by atoms with Crippen LogP contribution in [0.5, 0.6) is 0 Å². The molecule has 0 aromatic heterocycles. The number of rotatable bonds is 15. The zero-order chi connectivity index (χ0) is 25.2. The maximum absolute atomic E-state index is 6.81. The van der Waals surface area contributed by atoms with Gasteiger partial charge in [0.25, 0.3) is 0 Å². The fourth-order valence-corrected chi connectivity index (χ4v) is 30.4. The Morgan fingerprint density at radius 2 is 0.909 bits per heavy atom. The van der Waals surface area contributed by atoms with Crippen molar-refractivity contribution in [1.82, 2.24) is 0 Å². The zero-order valence-electron chi connectivity index (χ0n) is 23.1. The van der Waals surface area contributed by atoms with Gasteiger partial charge in [-0.25, -0.2) is 0 Å². The van der Waals surface area contributed by atoms with Crippen LogP contribution in [-0.4, -0.2) is 64.4 Å². The SMILES string of the molecule is CCCCCCCCCC[Si]1(C)O[Si](C)(C)O[Si](C)(CC[Si](OC)(OC)OC)O[Si](C)(C)O1. The van der Waals surface area contributed by atoms with E-state index in [4.69, 9.17) is 29.7 Å². The zero-order valence-corrected chi connectivity index (χ0v) is 28.1. The van der Waals surface area contributed by atoms with Crippen molar-refractivity contribution in [3.63, 3.8) is 0 Å². The molecule has 1 fully saturated rings. The van der Waals surface area contributed by atoms with Gasteiger partial charge in [-0.2, -0.15) is 0 Å². The largest absolute Gasteiger partial charge is 0.500 e. The number of unbranched alkanes of at least 4 members (excludes halogenated alkanes) is 7. The third kappa shape index (κ3) is 11.6. The Morgan fingerprint density at radius 3 is 1.30 bits per heavy atom. The Morgan fingerprint density at radius 1 is 0.545 bits per heavy atom. The molecule has 0 aromatic carbocycles. The van der Waals surface area contributed by atoms with Crippen LogP contribution in [0.2, 0.25) is 57.4 Å². The molecule has 0 radical (unpaired) electrons. The third-order valence-corrected chi connectivity index (χ3v) is 26.6. The van der Waals surface area contributed by atoms with Gasteiger partial charge in [0.05, 0.1) is 0 Å². The average molecular weight is 557 g/mol. The molecule has 7 nitrogen and oxygen atoms in total. The summed E-state index contributed by atoms with van der Waals surface area (Å²) in [6.45, 7) is 15.2. The van der Waals surface area contributed by atoms with Gasteiger partial charge in [0.15, 0.2) is 0 Å². The second-order valence-electron chi connectivity index (χ2n) is 10.5. The number of hydrogen-bond acceptors (Lipinski definition) is 7. The summed E-state index contributed by atoms with van der Waals surface area (Å²) >= 11 is 0. The summed E-state index contributed by atoms with van der Waals surface area (Å²) in [6.07, 6.45) is 10.4. The Labute approximate surface area is 209 Å². The van der Waals surface area contributed by atoms with E-state index in [2.05, 4.69) is 46.2 Å². The first-order valence-electron chi connectivity index (χ1n) is 12.7. The van der Waals surface area contributed by atoms with Crippen molar-refractivity contribution in [2.75, 3.05) is 21.3 Å². The maximum Gasteiger partial charge on any atom is 0.500 e. The predicted octanol–water partition coefficient (Wildman–Crippen LogP) is 6.63. The summed E-state index contributed by atoms with van der Waals surface area (Å²) in [5, 5.41) is 0. The van der Waals surface area contributed by atoms with Crippen molar-refractivity contribution < 1.29 is 29.7 Å². The minimum atomic E-state index is -2.70. The summed E-state index contributed by atoms with van der Waals surface area (Å²) in [7, 11) is -7.59. The third-order valence-electron chi connectivity index (χ3n) is 6.15. The minimum absolute atomic E-state index is 0.654. The second-order valence-corrected chi connectivity index (χ2v) is 28.0. The van der Waals surface area contributed by atoms with Crippen LogP contribution in [0.1, 0.15) is 58.3 Å². The van der Waals surface area contributed by atoms with Gasteiger partial charge in [-0.3, -0.25) is 0 Å². The highest BCUT2D eigenvalue weighted by Gasteiger charge is 2.55. The van der Waals surface area contributed by atoms with E-state index in [1.54, 1.807) is 21.3 Å². The van der Waals surface area contributed by atoms with Crippen LogP contribution < -0.4 is 0 Å². The molecule has 198 valence electrons. The van der Waals surface area contributed by atoms with Crippen LogP contribution >= 0.6 is 0 Å². The van der Waals surface area contributed by atoms with Crippen LogP contribution in [-0.2, 0) is 29.7 Å². The van der Waals surface area contributed by atoms with Crippen molar-refractivity contribution in [3.8, 4) is 0 Å². The highest BCUT2D eigenvalue weighted by Crippen LogP contribution is 2.36. The Kier molecular flexibility index (Phi) is 13.4. The molecule has 1 aliphatic heterocycles. The van der Waals surface area contributed by atoms with Gasteiger partial charge in [-0.05, 0) is 51.4 Å². The lowest BCUT2D eigenvalue weighted by Crippen LogP contribution is -2.66. The van der Waals surface area contributed by atoms with Crippen LogP contribution in [0.4, 0.5) is 0 Å². The maximum atomic E-state index is 6.81. The average Bonchev–Trinajstić information content (AvgIpc) is 2.68. The van der Waals surface area contributed by atoms with E-state index < -0.39 is 43.0 Å². The standard InChI is InChI=1S/C21H52O7Si5/c1-11-12-13-14-15-16-17-18-19-31(9)25-29(5,6)27-32(10,28-30(7,8)26-31)20-21-33(22-2,23-3)24-4/h11-21H2,1-10H3. The lowest BCUT2D eigenvalue weighted by Gasteiger charge is -2.48. The molecule has 33 heavy (non-hydrogen) atoms. The van der Waals surface area contributed by atoms with Gasteiger partial charge in [0, 0.05) is 27.4 Å². The normalized spacial score (nSPS) is 27.8. The topological polar surface area (TPSA) is 64.6 Å². The number of hydrogen-bond donors (Lipinski definition) is 0. The van der Waals surface area contributed by atoms with Crippen molar-refractivity contribution in [2.45, 2.75) is 116 Å². The van der Waals surface area contributed by atoms with Gasteiger partial charge < -0.3 is 29.7 Å².